The molecule has 7 N–H and O–H groups in total. The molecular formula is C31H26N14O8S2. The molecule has 24 heteroatoms. The van der Waals surface area contributed by atoms with Crippen LogP contribution in [0.25, 0.3) is 11.4 Å². The first-order chi connectivity index (χ1) is 26.1. The van der Waals surface area contributed by atoms with Gasteiger partial charge in [0.05, 0.1) is 40.8 Å². The van der Waals surface area contributed by atoms with E-state index in [0.29, 0.717) is 21.4 Å². The van der Waals surface area contributed by atoms with E-state index in [1.54, 1.807) is 0 Å². The van der Waals surface area contributed by atoms with Crippen molar-refractivity contribution in [2.75, 3.05) is 11.5 Å². The average Bonchev–Trinajstić information content (AvgIpc) is 3.93. The molecule has 0 fully saturated rings. The molecule has 0 radical (unpaired) electrons. The molecule has 0 unspecified atom stereocenters. The van der Waals surface area contributed by atoms with Crippen molar-refractivity contribution >= 4 is 80.3 Å². The summed E-state index contributed by atoms with van der Waals surface area (Å²) in [6.45, 7) is 5.74. The predicted octanol–water partition coefficient (Wildman–Crippen LogP) is 5.27. The lowest BCUT2D eigenvalue weighted by molar-refractivity contribution is -0.120. The Balaban J connectivity index is 1.17. The first-order valence-electron chi connectivity index (χ1n) is 15.4. The molecule has 6 aromatic rings. The number of rotatable bonds is 13. The van der Waals surface area contributed by atoms with Crippen molar-refractivity contribution in [3.63, 3.8) is 0 Å². The van der Waals surface area contributed by atoms with E-state index in [4.69, 9.17) is 16.2 Å². The summed E-state index contributed by atoms with van der Waals surface area (Å²) >= 11 is 2.26. The number of carbonyl (C=O) groups excluding carboxylic acids is 1. The van der Waals surface area contributed by atoms with Crippen molar-refractivity contribution in [1.82, 2.24) is 40.0 Å². The highest BCUT2D eigenvalue weighted by molar-refractivity contribution is 7.16. The number of anilines is 2. The van der Waals surface area contributed by atoms with E-state index < -0.39 is 28.9 Å². The quantitative estimate of drug-likeness (QED) is 0.0734. The van der Waals surface area contributed by atoms with Gasteiger partial charge in [0.25, 0.3) is 16.7 Å². The van der Waals surface area contributed by atoms with Gasteiger partial charge in [0, 0.05) is 11.5 Å². The Morgan fingerprint density at radius 2 is 1.36 bits per heavy atom. The average molecular weight is 787 g/mol. The second-order valence-corrected chi connectivity index (χ2v) is 14.2. The summed E-state index contributed by atoms with van der Waals surface area (Å²) in [6.07, 6.45) is 1.57. The molecule has 6 rings (SSSR count). The number of nitrogens with two attached hydrogens (primary N) is 2. The Morgan fingerprint density at radius 3 is 1.95 bits per heavy atom. The summed E-state index contributed by atoms with van der Waals surface area (Å²) in [5, 5.41) is 71.6. The molecule has 0 amide bonds. The standard InChI is InChI=1S/C31H26N14O8S2/c1-31(2,3)23-22(25(33)45(43-23)13-4-6-15(26(47)48)17(8-13)28(51)52)38-42-30-41-37-21(55-30)10-20-36-40-29(54-20)39-35-18-11-34-44(24(18)32)14-5-7-16(27(49)50)19(9-14)53-12-46/h4-9,11-12H,10,32-33H2,1-3H3,(H,47,48)(H,49,50)(H,51,52). The van der Waals surface area contributed by atoms with Gasteiger partial charge in [0.15, 0.2) is 17.3 Å². The molecule has 4 aromatic heterocycles. The number of nitrogen functional groups attached to an aromatic ring is 2. The Bertz CT molecular complexity index is 2550. The lowest BCUT2D eigenvalue weighted by atomic mass is 9.91. The SMILES string of the molecule is CC(C)(C)c1nn(-c2ccc(C(=O)O)c(C(=O)O)c2)c(N)c1N=Nc1nnc(Cc2nnc(N=Nc3cnn(-c4ccc(C(=O)O)c(OC=O)c4)c3N)s2)s1. The number of benzene rings is 2. The maximum atomic E-state index is 11.8. The van der Waals surface area contributed by atoms with Gasteiger partial charge in [-0.2, -0.15) is 10.2 Å². The van der Waals surface area contributed by atoms with E-state index in [1.807, 2.05) is 20.8 Å². The Kier molecular flexibility index (Phi) is 10.2. The van der Waals surface area contributed by atoms with Gasteiger partial charge in [0.2, 0.25) is 0 Å². The minimum atomic E-state index is -1.43. The molecule has 0 aliphatic carbocycles. The van der Waals surface area contributed by atoms with Crippen molar-refractivity contribution < 1.29 is 39.2 Å². The van der Waals surface area contributed by atoms with Gasteiger partial charge in [-0.05, 0) is 30.3 Å². The maximum absolute atomic E-state index is 11.8. The molecule has 4 heterocycles. The van der Waals surface area contributed by atoms with Gasteiger partial charge in [-0.1, -0.05) is 43.4 Å². The molecule has 0 aliphatic heterocycles. The van der Waals surface area contributed by atoms with Crippen LogP contribution < -0.4 is 16.2 Å². The van der Waals surface area contributed by atoms with E-state index in [1.165, 1.54) is 45.9 Å². The van der Waals surface area contributed by atoms with Crippen LogP contribution in [0, 0.1) is 0 Å². The zero-order chi connectivity index (χ0) is 39.6. The normalized spacial score (nSPS) is 11.8. The summed E-state index contributed by atoms with van der Waals surface area (Å²) in [6, 6.07) is 7.69. The van der Waals surface area contributed by atoms with Crippen molar-refractivity contribution in [3.8, 4) is 17.1 Å². The second kappa shape index (κ2) is 15.0. The van der Waals surface area contributed by atoms with Crippen LogP contribution >= 0.6 is 22.7 Å². The fourth-order valence-electron chi connectivity index (χ4n) is 4.88. The summed E-state index contributed by atoms with van der Waals surface area (Å²) < 4.78 is 7.32. The van der Waals surface area contributed by atoms with Gasteiger partial charge in [-0.3, -0.25) is 4.79 Å². The van der Waals surface area contributed by atoms with Gasteiger partial charge < -0.3 is 31.5 Å². The fraction of sp³-hybridized carbons (Fsp3) is 0.161. The van der Waals surface area contributed by atoms with Gasteiger partial charge >= 0.3 is 17.9 Å². The molecule has 0 atom stereocenters. The molecule has 0 bridgehead atoms. The first-order valence-corrected chi connectivity index (χ1v) is 17.1. The molecule has 0 aliphatic rings. The first kappa shape index (κ1) is 37.4. The number of carboxylic acids is 3. The minimum absolute atomic E-state index is 0.0372. The van der Waals surface area contributed by atoms with E-state index in [0.717, 1.165) is 28.7 Å². The highest BCUT2D eigenvalue weighted by Crippen LogP contribution is 2.38. The van der Waals surface area contributed by atoms with Crippen LogP contribution in [0.5, 0.6) is 5.75 Å². The highest BCUT2D eigenvalue weighted by atomic mass is 32.1. The van der Waals surface area contributed by atoms with Crippen molar-refractivity contribution in [3.05, 3.63) is 75.0 Å². The zero-order valence-electron chi connectivity index (χ0n) is 28.5. The molecule has 280 valence electrons. The molecular weight excluding hydrogens is 761 g/mol. The Morgan fingerprint density at radius 1 is 0.782 bits per heavy atom. The largest absolute Gasteiger partial charge is 0.478 e. The third kappa shape index (κ3) is 7.88. The Hall–Kier alpha value is -7.34. The van der Waals surface area contributed by atoms with Gasteiger partial charge in [-0.25, -0.2) is 23.7 Å². The maximum Gasteiger partial charge on any atom is 0.339 e. The van der Waals surface area contributed by atoms with E-state index in [-0.39, 0.29) is 68.7 Å². The van der Waals surface area contributed by atoms with Crippen LogP contribution in [0.2, 0.25) is 0 Å². The third-order valence-corrected chi connectivity index (χ3v) is 9.02. The lowest BCUT2D eigenvalue weighted by Gasteiger charge is -2.15. The molecule has 0 saturated heterocycles. The molecule has 55 heavy (non-hydrogen) atoms. The summed E-state index contributed by atoms with van der Waals surface area (Å²) in [5.74, 6) is -4.20. The fourth-order valence-corrected chi connectivity index (χ4v) is 6.30. The van der Waals surface area contributed by atoms with Crippen LogP contribution in [-0.2, 0) is 16.6 Å². The smallest absolute Gasteiger partial charge is 0.339 e. The number of hydrogen-bond donors (Lipinski definition) is 5. The van der Waals surface area contributed by atoms with Crippen molar-refractivity contribution in [2.45, 2.75) is 32.6 Å². The van der Waals surface area contributed by atoms with Gasteiger partial charge in [-0.15, -0.1) is 40.9 Å². The van der Waals surface area contributed by atoms with E-state index >= 15 is 0 Å². The summed E-state index contributed by atoms with van der Waals surface area (Å²) in [4.78, 5) is 45.6. The van der Waals surface area contributed by atoms with Crippen LogP contribution in [0.15, 0.2) is 63.1 Å². The molecule has 22 nitrogen and oxygen atoms in total. The van der Waals surface area contributed by atoms with Crippen LogP contribution in [0.4, 0.5) is 33.3 Å². The molecule has 0 saturated carbocycles. The third-order valence-electron chi connectivity index (χ3n) is 7.41. The molecule has 2 aromatic carbocycles. The topological polar surface area (TPSA) is 327 Å². The van der Waals surface area contributed by atoms with Crippen molar-refractivity contribution in [1.29, 1.82) is 0 Å². The number of ether oxygens (including phenoxy) is 1. The van der Waals surface area contributed by atoms with Crippen LogP contribution in [-0.4, -0.2) is 79.7 Å². The number of aromatic nitrogens is 8. The number of aromatic carboxylic acids is 3. The molecule has 0 spiro atoms. The minimum Gasteiger partial charge on any atom is -0.478 e. The van der Waals surface area contributed by atoms with E-state index in [2.05, 4.69) is 51.0 Å². The monoisotopic (exact) mass is 786 g/mol. The lowest BCUT2D eigenvalue weighted by Crippen LogP contribution is -2.13. The summed E-state index contributed by atoms with van der Waals surface area (Å²) in [7, 11) is 0. The van der Waals surface area contributed by atoms with Crippen LogP contribution in [0.1, 0.15) is 67.6 Å². The number of azo groups is 2. The second-order valence-electron chi connectivity index (χ2n) is 12.1. The summed E-state index contributed by atoms with van der Waals surface area (Å²) in [5.41, 5.74) is 12.4. The Labute approximate surface area is 315 Å². The number of hydrogen-bond acceptors (Lipinski definition) is 19. The van der Waals surface area contributed by atoms with Crippen LogP contribution in [0.3, 0.4) is 0 Å². The zero-order valence-corrected chi connectivity index (χ0v) is 30.2. The van der Waals surface area contributed by atoms with E-state index in [9.17, 15) is 34.5 Å². The van der Waals surface area contributed by atoms with Crippen molar-refractivity contribution in [2.24, 2.45) is 20.5 Å². The number of nitrogens with zero attached hydrogens (tertiary/aromatic N) is 12. The highest BCUT2D eigenvalue weighted by Gasteiger charge is 2.28. The number of carboxylic acid groups (broad SMARTS) is 3. The van der Waals surface area contributed by atoms with Gasteiger partial charge in [0.1, 0.15) is 27.0 Å². The predicted molar refractivity (Wildman–Crippen MR) is 193 cm³/mol. The number of carbonyl (C=O) groups is 4.